The summed E-state index contributed by atoms with van der Waals surface area (Å²) in [6, 6.07) is 11.8. The zero-order valence-corrected chi connectivity index (χ0v) is 14.3. The van der Waals surface area contributed by atoms with E-state index in [2.05, 4.69) is 0 Å². The molecule has 1 saturated heterocycles. The highest BCUT2D eigenvalue weighted by atomic mass is 16.7. The van der Waals surface area contributed by atoms with Crippen LogP contribution in [-0.2, 0) is 9.47 Å². The molecule has 0 aromatic heterocycles. The number of hydrogen-bond donors (Lipinski definition) is 2. The highest BCUT2D eigenvalue weighted by Crippen LogP contribution is 2.31. The van der Waals surface area contributed by atoms with Gasteiger partial charge in [-0.1, -0.05) is 0 Å². The van der Waals surface area contributed by atoms with Crippen LogP contribution in [0.4, 0.5) is 17.1 Å². The second-order valence-electron chi connectivity index (χ2n) is 6.40. The fourth-order valence-corrected chi connectivity index (χ4v) is 2.59. The average Bonchev–Trinajstić information content (AvgIpc) is 2.90. The van der Waals surface area contributed by atoms with Gasteiger partial charge in [-0.05, 0) is 50.2 Å². The first-order valence-electron chi connectivity index (χ1n) is 8.02. The van der Waals surface area contributed by atoms with E-state index in [0.717, 1.165) is 5.06 Å². The molecule has 1 aliphatic rings. The Hall–Kier alpha value is -2.48. The van der Waals surface area contributed by atoms with Crippen molar-refractivity contribution in [3.63, 3.8) is 0 Å². The SMILES string of the molecule is CC1(C)OCC(CN([O-])c2ccc(Oc3cc(N)ccc3N)cc2)O1. The molecule has 25 heavy (non-hydrogen) atoms. The molecular weight excluding hydrogens is 322 g/mol. The van der Waals surface area contributed by atoms with E-state index >= 15 is 0 Å². The van der Waals surface area contributed by atoms with E-state index in [-0.39, 0.29) is 12.6 Å². The van der Waals surface area contributed by atoms with E-state index in [9.17, 15) is 5.21 Å². The van der Waals surface area contributed by atoms with Crippen LogP contribution in [0.5, 0.6) is 11.5 Å². The summed E-state index contributed by atoms with van der Waals surface area (Å²) in [4.78, 5) is 0. The Morgan fingerprint density at radius 3 is 2.56 bits per heavy atom. The monoisotopic (exact) mass is 344 g/mol. The van der Waals surface area contributed by atoms with Crippen molar-refractivity contribution < 1.29 is 14.2 Å². The fraction of sp³-hybridized carbons (Fsp3) is 0.333. The summed E-state index contributed by atoms with van der Waals surface area (Å²) in [5.74, 6) is 0.405. The van der Waals surface area contributed by atoms with Crippen molar-refractivity contribution in [2.45, 2.75) is 25.7 Å². The average molecular weight is 344 g/mol. The largest absolute Gasteiger partial charge is 0.758 e. The van der Waals surface area contributed by atoms with Crippen LogP contribution >= 0.6 is 0 Å². The molecule has 0 amide bonds. The number of ether oxygens (including phenoxy) is 3. The number of nitrogens with two attached hydrogens (primary N) is 2. The summed E-state index contributed by atoms with van der Waals surface area (Å²) in [7, 11) is 0. The summed E-state index contributed by atoms with van der Waals surface area (Å²) < 4.78 is 16.8. The molecule has 0 aliphatic carbocycles. The lowest BCUT2D eigenvalue weighted by Gasteiger charge is -2.33. The highest BCUT2D eigenvalue weighted by Gasteiger charge is 2.32. The predicted molar refractivity (Wildman–Crippen MR) is 97.4 cm³/mol. The third kappa shape index (κ3) is 4.33. The first kappa shape index (κ1) is 17.3. The molecule has 1 aliphatic heterocycles. The van der Waals surface area contributed by atoms with Crippen LogP contribution in [0, 0.1) is 5.21 Å². The number of anilines is 3. The number of nitrogens with zero attached hydrogens (tertiary/aromatic N) is 1. The lowest BCUT2D eigenvalue weighted by molar-refractivity contribution is -0.137. The van der Waals surface area contributed by atoms with Crippen LogP contribution in [0.25, 0.3) is 0 Å². The number of benzene rings is 2. The topological polar surface area (TPSA) is 106 Å². The van der Waals surface area contributed by atoms with Crippen molar-refractivity contribution in [2.75, 3.05) is 29.7 Å². The number of hydroxylamine groups is 1. The van der Waals surface area contributed by atoms with Gasteiger partial charge in [0.25, 0.3) is 0 Å². The van der Waals surface area contributed by atoms with Gasteiger partial charge < -0.3 is 35.9 Å². The second-order valence-corrected chi connectivity index (χ2v) is 6.40. The molecule has 3 rings (SSSR count). The van der Waals surface area contributed by atoms with Crippen LogP contribution in [0.1, 0.15) is 13.8 Å². The van der Waals surface area contributed by atoms with Gasteiger partial charge in [-0.25, -0.2) is 0 Å². The molecule has 2 aromatic carbocycles. The Labute approximate surface area is 146 Å². The van der Waals surface area contributed by atoms with Crippen molar-refractivity contribution in [2.24, 2.45) is 0 Å². The highest BCUT2D eigenvalue weighted by molar-refractivity contribution is 5.61. The molecule has 2 aromatic rings. The quantitative estimate of drug-likeness (QED) is 0.634. The van der Waals surface area contributed by atoms with Crippen molar-refractivity contribution in [3.05, 3.63) is 47.7 Å². The van der Waals surface area contributed by atoms with Gasteiger partial charge in [-0.15, -0.1) is 0 Å². The summed E-state index contributed by atoms with van der Waals surface area (Å²) in [5, 5.41) is 13.2. The molecule has 0 radical (unpaired) electrons. The van der Waals surface area contributed by atoms with E-state index in [1.165, 1.54) is 0 Å². The molecule has 0 bridgehead atoms. The zero-order valence-electron chi connectivity index (χ0n) is 14.3. The minimum atomic E-state index is -0.638. The molecule has 134 valence electrons. The summed E-state index contributed by atoms with van der Waals surface area (Å²) in [5.41, 5.74) is 13.2. The van der Waals surface area contributed by atoms with Gasteiger partial charge in [0.2, 0.25) is 0 Å². The summed E-state index contributed by atoms with van der Waals surface area (Å²) in [6.45, 7) is 4.26. The Kier molecular flexibility index (Phi) is 4.71. The summed E-state index contributed by atoms with van der Waals surface area (Å²) in [6.07, 6.45) is -0.254. The Morgan fingerprint density at radius 1 is 1.20 bits per heavy atom. The van der Waals surface area contributed by atoms with Gasteiger partial charge in [-0.3, -0.25) is 0 Å². The van der Waals surface area contributed by atoms with Crippen molar-refractivity contribution in [1.29, 1.82) is 0 Å². The van der Waals surface area contributed by atoms with Crippen LogP contribution in [0.2, 0.25) is 0 Å². The molecule has 7 nitrogen and oxygen atoms in total. The first-order valence-corrected chi connectivity index (χ1v) is 8.02. The van der Waals surface area contributed by atoms with E-state index < -0.39 is 5.79 Å². The van der Waals surface area contributed by atoms with E-state index in [4.69, 9.17) is 25.7 Å². The molecule has 7 heteroatoms. The molecule has 0 saturated carbocycles. The van der Waals surface area contributed by atoms with Gasteiger partial charge in [0.05, 0.1) is 12.3 Å². The van der Waals surface area contributed by atoms with Gasteiger partial charge in [-0.2, -0.15) is 0 Å². The van der Waals surface area contributed by atoms with E-state index in [0.29, 0.717) is 35.2 Å². The predicted octanol–water partition coefficient (Wildman–Crippen LogP) is 3.10. The smallest absolute Gasteiger partial charge is 0.163 e. The van der Waals surface area contributed by atoms with E-state index in [1.54, 1.807) is 42.5 Å². The van der Waals surface area contributed by atoms with Crippen LogP contribution in [-0.4, -0.2) is 25.0 Å². The maximum absolute atomic E-state index is 12.3. The van der Waals surface area contributed by atoms with Gasteiger partial charge >= 0.3 is 0 Å². The Balaban J connectivity index is 1.63. The van der Waals surface area contributed by atoms with Crippen LogP contribution in [0.15, 0.2) is 42.5 Å². The molecule has 1 atom stereocenters. The van der Waals surface area contributed by atoms with Gasteiger partial charge in [0.15, 0.2) is 11.5 Å². The molecule has 1 unspecified atom stereocenters. The second kappa shape index (κ2) is 6.79. The van der Waals surface area contributed by atoms with Crippen LogP contribution < -0.4 is 21.3 Å². The maximum Gasteiger partial charge on any atom is 0.163 e. The Morgan fingerprint density at radius 2 is 1.92 bits per heavy atom. The normalized spacial score (nSPS) is 18.9. The lowest BCUT2D eigenvalue weighted by Crippen LogP contribution is -2.31. The molecule has 0 spiro atoms. The molecule has 1 heterocycles. The van der Waals surface area contributed by atoms with Crippen molar-refractivity contribution in [3.8, 4) is 11.5 Å². The first-order chi connectivity index (χ1) is 11.8. The van der Waals surface area contributed by atoms with Crippen molar-refractivity contribution >= 4 is 17.1 Å². The minimum Gasteiger partial charge on any atom is -0.758 e. The third-order valence-corrected chi connectivity index (χ3v) is 3.83. The van der Waals surface area contributed by atoms with E-state index in [1.807, 2.05) is 13.8 Å². The lowest BCUT2D eigenvalue weighted by atomic mass is 10.2. The summed E-state index contributed by atoms with van der Waals surface area (Å²) >= 11 is 0. The molecular formula is C18H22N3O4-. The number of hydrogen-bond acceptors (Lipinski definition) is 7. The fourth-order valence-electron chi connectivity index (χ4n) is 2.59. The number of rotatable bonds is 5. The minimum absolute atomic E-state index is 0.200. The molecule has 4 N–H and O–H groups in total. The number of nitrogen functional groups attached to an aromatic ring is 2. The van der Waals surface area contributed by atoms with Crippen molar-refractivity contribution in [1.82, 2.24) is 0 Å². The third-order valence-electron chi connectivity index (χ3n) is 3.83. The zero-order chi connectivity index (χ0) is 18.0. The van der Waals surface area contributed by atoms with Crippen LogP contribution in [0.3, 0.4) is 0 Å². The van der Waals surface area contributed by atoms with Gasteiger partial charge in [0, 0.05) is 24.0 Å². The Bertz CT molecular complexity index is 734. The molecule has 1 fully saturated rings. The standard InChI is InChI=1S/C18H22N3O4/c1-18(2)23-11-15(25-18)10-21(22)13-4-6-14(7-5-13)24-17-9-12(19)3-8-16(17)20/h3-9,15H,10-11,19-20H2,1-2H3/q-1. The van der Waals surface area contributed by atoms with Gasteiger partial charge in [0.1, 0.15) is 11.9 Å². The maximum atomic E-state index is 12.3.